The highest BCUT2D eigenvalue weighted by Gasteiger charge is 2.32. The van der Waals surface area contributed by atoms with Crippen LogP contribution in [0.3, 0.4) is 0 Å². The quantitative estimate of drug-likeness (QED) is 0.797. The SMILES string of the molecule is O=C(CN1C(=O)CCC1=O)N1CCC(c2ccsc2)CC1. The van der Waals surface area contributed by atoms with Gasteiger partial charge in [0.1, 0.15) is 6.54 Å². The third kappa shape index (κ3) is 3.00. The van der Waals surface area contributed by atoms with Gasteiger partial charge in [-0.2, -0.15) is 11.3 Å². The smallest absolute Gasteiger partial charge is 0.242 e. The topological polar surface area (TPSA) is 57.7 Å². The van der Waals surface area contributed by atoms with Gasteiger partial charge < -0.3 is 4.90 Å². The highest BCUT2D eigenvalue weighted by atomic mass is 32.1. The van der Waals surface area contributed by atoms with Crippen molar-refractivity contribution in [2.24, 2.45) is 0 Å². The molecule has 112 valence electrons. The van der Waals surface area contributed by atoms with Crippen LogP contribution in [0.4, 0.5) is 0 Å². The van der Waals surface area contributed by atoms with Crippen LogP contribution in [0.25, 0.3) is 0 Å². The van der Waals surface area contributed by atoms with E-state index in [4.69, 9.17) is 0 Å². The average Bonchev–Trinajstić information content (AvgIpc) is 3.13. The van der Waals surface area contributed by atoms with Crippen LogP contribution >= 0.6 is 11.3 Å². The summed E-state index contributed by atoms with van der Waals surface area (Å²) < 4.78 is 0. The minimum absolute atomic E-state index is 0.0826. The maximum Gasteiger partial charge on any atom is 0.242 e. The summed E-state index contributed by atoms with van der Waals surface area (Å²) in [5.74, 6) is -0.0271. The number of likely N-dealkylation sites (tertiary alicyclic amines) is 2. The lowest BCUT2D eigenvalue weighted by Crippen LogP contribution is -2.45. The number of imide groups is 1. The summed E-state index contributed by atoms with van der Waals surface area (Å²) >= 11 is 1.70. The summed E-state index contributed by atoms with van der Waals surface area (Å²) in [7, 11) is 0. The van der Waals surface area contributed by atoms with Gasteiger partial charge in [0.25, 0.3) is 0 Å². The van der Waals surface area contributed by atoms with Gasteiger partial charge in [-0.1, -0.05) is 0 Å². The lowest BCUT2D eigenvalue weighted by molar-refractivity contribution is -0.145. The lowest BCUT2D eigenvalue weighted by atomic mass is 9.91. The Morgan fingerprint density at radius 1 is 1.19 bits per heavy atom. The van der Waals surface area contributed by atoms with Crippen molar-refractivity contribution in [1.82, 2.24) is 9.80 Å². The first-order valence-electron chi connectivity index (χ1n) is 7.28. The standard InChI is InChI=1S/C15H18N2O3S/c18-13-1-2-14(19)17(13)9-15(20)16-6-3-11(4-7-16)12-5-8-21-10-12/h5,8,10-11H,1-4,6-7,9H2. The fourth-order valence-electron chi connectivity index (χ4n) is 3.00. The maximum atomic E-state index is 12.2. The fourth-order valence-corrected chi connectivity index (χ4v) is 3.75. The van der Waals surface area contributed by atoms with E-state index < -0.39 is 0 Å². The molecule has 3 heterocycles. The summed E-state index contributed by atoms with van der Waals surface area (Å²) in [6, 6.07) is 2.15. The van der Waals surface area contributed by atoms with Gasteiger partial charge in [-0.3, -0.25) is 19.3 Å². The summed E-state index contributed by atoms with van der Waals surface area (Å²) in [4.78, 5) is 38.2. The van der Waals surface area contributed by atoms with Gasteiger partial charge in [-0.25, -0.2) is 0 Å². The van der Waals surface area contributed by atoms with Crippen LogP contribution in [0.15, 0.2) is 16.8 Å². The molecule has 0 bridgehead atoms. The summed E-state index contributed by atoms with van der Waals surface area (Å²) in [5.41, 5.74) is 1.36. The van der Waals surface area contributed by atoms with Gasteiger partial charge in [-0.15, -0.1) is 0 Å². The van der Waals surface area contributed by atoms with E-state index in [0.717, 1.165) is 17.7 Å². The molecular weight excluding hydrogens is 288 g/mol. The number of thiophene rings is 1. The molecule has 0 atom stereocenters. The number of rotatable bonds is 3. The van der Waals surface area contributed by atoms with Crippen molar-refractivity contribution in [2.75, 3.05) is 19.6 Å². The van der Waals surface area contributed by atoms with Crippen molar-refractivity contribution in [1.29, 1.82) is 0 Å². The third-order valence-corrected chi connectivity index (χ3v) is 5.01. The molecule has 0 unspecified atom stereocenters. The second-order valence-electron chi connectivity index (χ2n) is 5.59. The van der Waals surface area contributed by atoms with E-state index in [-0.39, 0.29) is 37.1 Å². The van der Waals surface area contributed by atoms with Crippen LogP contribution in [0.1, 0.15) is 37.2 Å². The molecule has 1 aromatic heterocycles. The zero-order valence-corrected chi connectivity index (χ0v) is 12.6. The van der Waals surface area contributed by atoms with E-state index in [0.29, 0.717) is 19.0 Å². The number of hydrogen-bond donors (Lipinski definition) is 0. The highest BCUT2D eigenvalue weighted by Crippen LogP contribution is 2.29. The summed E-state index contributed by atoms with van der Waals surface area (Å²) in [6.07, 6.45) is 2.38. The van der Waals surface area contributed by atoms with Crippen molar-refractivity contribution >= 4 is 29.1 Å². The average molecular weight is 306 g/mol. The van der Waals surface area contributed by atoms with Gasteiger partial charge in [0.2, 0.25) is 17.7 Å². The van der Waals surface area contributed by atoms with Crippen LogP contribution in [-0.4, -0.2) is 47.2 Å². The number of carbonyl (C=O) groups is 3. The van der Waals surface area contributed by atoms with Gasteiger partial charge in [0.05, 0.1) is 0 Å². The number of nitrogens with zero attached hydrogens (tertiary/aromatic N) is 2. The molecule has 2 aliphatic rings. The Hall–Kier alpha value is -1.69. The largest absolute Gasteiger partial charge is 0.341 e. The predicted octanol–water partition coefficient (Wildman–Crippen LogP) is 1.60. The van der Waals surface area contributed by atoms with E-state index >= 15 is 0 Å². The second-order valence-corrected chi connectivity index (χ2v) is 6.37. The van der Waals surface area contributed by atoms with E-state index in [1.807, 2.05) is 0 Å². The van der Waals surface area contributed by atoms with Crippen LogP contribution in [0.2, 0.25) is 0 Å². The molecule has 0 radical (unpaired) electrons. The molecule has 3 rings (SSSR count). The zero-order chi connectivity index (χ0) is 14.8. The van der Waals surface area contributed by atoms with E-state index in [1.165, 1.54) is 5.56 Å². The van der Waals surface area contributed by atoms with Gasteiger partial charge >= 0.3 is 0 Å². The Labute approximate surface area is 127 Å². The van der Waals surface area contributed by atoms with Crippen LogP contribution in [0.5, 0.6) is 0 Å². The van der Waals surface area contributed by atoms with Crippen molar-refractivity contribution in [3.05, 3.63) is 22.4 Å². The van der Waals surface area contributed by atoms with E-state index in [9.17, 15) is 14.4 Å². The highest BCUT2D eigenvalue weighted by molar-refractivity contribution is 7.07. The number of hydrogen-bond acceptors (Lipinski definition) is 4. The maximum absolute atomic E-state index is 12.2. The molecule has 0 aromatic carbocycles. The number of carbonyl (C=O) groups excluding carboxylic acids is 3. The third-order valence-electron chi connectivity index (χ3n) is 4.31. The van der Waals surface area contributed by atoms with Gasteiger partial charge in [0, 0.05) is 25.9 Å². The Kier molecular flexibility index (Phi) is 4.05. The number of amides is 3. The molecule has 5 nitrogen and oxygen atoms in total. The molecule has 0 spiro atoms. The molecule has 2 aliphatic heterocycles. The fraction of sp³-hybridized carbons (Fsp3) is 0.533. The second kappa shape index (κ2) is 5.97. The Bertz CT molecular complexity index is 531. The molecule has 2 saturated heterocycles. The first-order chi connectivity index (χ1) is 10.1. The molecule has 0 N–H and O–H groups in total. The van der Waals surface area contributed by atoms with Gasteiger partial charge in [-0.05, 0) is 41.1 Å². The monoisotopic (exact) mass is 306 g/mol. The molecule has 3 amide bonds. The van der Waals surface area contributed by atoms with E-state index in [1.54, 1.807) is 16.2 Å². The first kappa shape index (κ1) is 14.3. The Balaban J connectivity index is 1.53. The molecule has 6 heteroatoms. The Morgan fingerprint density at radius 3 is 2.43 bits per heavy atom. The van der Waals surface area contributed by atoms with Gasteiger partial charge in [0.15, 0.2) is 0 Å². The zero-order valence-electron chi connectivity index (χ0n) is 11.8. The van der Waals surface area contributed by atoms with E-state index in [2.05, 4.69) is 16.8 Å². The summed E-state index contributed by atoms with van der Waals surface area (Å²) in [5, 5.41) is 4.25. The first-order valence-corrected chi connectivity index (χ1v) is 8.22. The molecule has 0 aliphatic carbocycles. The normalized spacial score (nSPS) is 20.4. The Morgan fingerprint density at radius 2 is 1.86 bits per heavy atom. The number of piperidine rings is 1. The molecule has 0 saturated carbocycles. The molecule has 1 aromatic rings. The van der Waals surface area contributed by atoms with Crippen molar-refractivity contribution in [2.45, 2.75) is 31.6 Å². The van der Waals surface area contributed by atoms with Crippen molar-refractivity contribution < 1.29 is 14.4 Å². The minimum Gasteiger partial charge on any atom is -0.341 e. The van der Waals surface area contributed by atoms with Crippen LogP contribution in [-0.2, 0) is 14.4 Å². The van der Waals surface area contributed by atoms with Crippen molar-refractivity contribution in [3.8, 4) is 0 Å². The van der Waals surface area contributed by atoms with Crippen molar-refractivity contribution in [3.63, 3.8) is 0 Å². The van der Waals surface area contributed by atoms with Crippen LogP contribution < -0.4 is 0 Å². The summed E-state index contributed by atoms with van der Waals surface area (Å²) in [6.45, 7) is 1.33. The minimum atomic E-state index is -0.221. The lowest BCUT2D eigenvalue weighted by Gasteiger charge is -2.32. The molecule has 2 fully saturated rings. The predicted molar refractivity (Wildman–Crippen MR) is 78.8 cm³/mol. The van der Waals surface area contributed by atoms with Crippen LogP contribution in [0, 0.1) is 0 Å². The molecule has 21 heavy (non-hydrogen) atoms. The molecular formula is C15H18N2O3S.